The van der Waals surface area contributed by atoms with E-state index in [9.17, 15) is 0 Å². The fraction of sp³-hybridized carbons (Fsp3) is 0.682. The molecule has 48 heavy (non-hydrogen) atoms. The maximum atomic E-state index is 6.40. The first-order valence-electron chi connectivity index (χ1n) is 19.9. The van der Waals surface area contributed by atoms with Crippen molar-refractivity contribution in [1.29, 1.82) is 0 Å². The van der Waals surface area contributed by atoms with Crippen LogP contribution in [0.15, 0.2) is 24.3 Å². The van der Waals surface area contributed by atoms with Gasteiger partial charge in [-0.15, -0.1) is 0 Å². The third-order valence-electron chi connectivity index (χ3n) is 10.4. The SMILES string of the molecule is CCCCCCCCCCCCC#Cc1ccc2c3c(ccc(C#CCCCCCCCCCCCC)c13)C1(OCCO1)C21OCCO1. The highest BCUT2D eigenvalue weighted by Gasteiger charge is 2.67. The molecule has 0 N–H and O–H groups in total. The molecule has 2 aromatic rings. The van der Waals surface area contributed by atoms with Gasteiger partial charge in [0.25, 0.3) is 11.6 Å². The third-order valence-corrected chi connectivity index (χ3v) is 10.4. The van der Waals surface area contributed by atoms with Gasteiger partial charge in [-0.2, -0.15) is 0 Å². The molecule has 2 fully saturated rings. The van der Waals surface area contributed by atoms with Crippen LogP contribution in [-0.2, 0) is 30.5 Å². The smallest absolute Gasteiger partial charge is 0.256 e. The summed E-state index contributed by atoms with van der Waals surface area (Å²) in [6.45, 7) is 6.61. The first-order chi connectivity index (χ1) is 23.8. The molecule has 0 unspecified atom stereocenters. The minimum absolute atomic E-state index is 0.510. The van der Waals surface area contributed by atoms with Crippen molar-refractivity contribution in [2.45, 2.75) is 167 Å². The molecule has 262 valence electrons. The molecule has 2 spiro atoms. The molecule has 1 aliphatic carbocycles. The fourth-order valence-corrected chi connectivity index (χ4v) is 7.84. The number of ether oxygens (including phenoxy) is 4. The van der Waals surface area contributed by atoms with Gasteiger partial charge < -0.3 is 18.9 Å². The van der Waals surface area contributed by atoms with Gasteiger partial charge in [-0.25, -0.2) is 0 Å². The second-order valence-electron chi connectivity index (χ2n) is 14.2. The molecule has 4 nitrogen and oxygen atoms in total. The van der Waals surface area contributed by atoms with Crippen molar-refractivity contribution in [3.8, 4) is 23.7 Å². The van der Waals surface area contributed by atoms with E-state index in [0.29, 0.717) is 26.4 Å². The Hall–Kier alpha value is -2.34. The van der Waals surface area contributed by atoms with Gasteiger partial charge in [0.2, 0.25) is 0 Å². The molecular formula is C44H62O4. The molecule has 5 rings (SSSR count). The Morgan fingerprint density at radius 1 is 0.438 bits per heavy atom. The maximum Gasteiger partial charge on any atom is 0.256 e. The first-order valence-corrected chi connectivity index (χ1v) is 19.9. The lowest BCUT2D eigenvalue weighted by Crippen LogP contribution is -2.48. The van der Waals surface area contributed by atoms with E-state index in [-0.39, 0.29) is 0 Å². The Morgan fingerprint density at radius 2 is 0.771 bits per heavy atom. The molecule has 0 saturated carbocycles. The number of benzene rings is 2. The van der Waals surface area contributed by atoms with Crippen molar-refractivity contribution in [1.82, 2.24) is 0 Å². The lowest BCUT2D eigenvalue weighted by atomic mass is 9.94. The minimum atomic E-state index is -1.09. The minimum Gasteiger partial charge on any atom is -0.339 e. The van der Waals surface area contributed by atoms with Gasteiger partial charge in [0.05, 0.1) is 26.4 Å². The average Bonchev–Trinajstić information content (AvgIpc) is 3.85. The maximum absolute atomic E-state index is 6.40. The Balaban J connectivity index is 1.25. The average molecular weight is 655 g/mol. The zero-order valence-corrected chi connectivity index (χ0v) is 30.3. The summed E-state index contributed by atoms with van der Waals surface area (Å²) in [5.74, 6) is 12.0. The summed E-state index contributed by atoms with van der Waals surface area (Å²) in [4.78, 5) is 0. The quantitative estimate of drug-likeness (QED) is 0.105. The van der Waals surface area contributed by atoms with Crippen LogP contribution >= 0.6 is 0 Å². The monoisotopic (exact) mass is 654 g/mol. The van der Waals surface area contributed by atoms with Crippen LogP contribution in [0.4, 0.5) is 0 Å². The van der Waals surface area contributed by atoms with Crippen LogP contribution in [0.3, 0.4) is 0 Å². The number of hydrogen-bond acceptors (Lipinski definition) is 4. The van der Waals surface area contributed by atoms with Crippen LogP contribution < -0.4 is 0 Å². The summed E-state index contributed by atoms with van der Waals surface area (Å²) < 4.78 is 25.6. The Labute approximate surface area is 292 Å². The molecule has 0 radical (unpaired) electrons. The van der Waals surface area contributed by atoms with E-state index in [2.05, 4.69) is 61.8 Å². The Bertz CT molecular complexity index is 1290. The van der Waals surface area contributed by atoms with Gasteiger partial charge in [-0.3, -0.25) is 0 Å². The number of hydrogen-bond donors (Lipinski definition) is 0. The van der Waals surface area contributed by atoms with E-state index >= 15 is 0 Å². The van der Waals surface area contributed by atoms with Gasteiger partial charge in [-0.05, 0) is 25.0 Å². The van der Waals surface area contributed by atoms with Gasteiger partial charge in [0.1, 0.15) is 0 Å². The van der Waals surface area contributed by atoms with E-state index in [0.717, 1.165) is 58.7 Å². The third kappa shape index (κ3) is 8.87. The normalized spacial score (nSPS) is 16.9. The number of unbranched alkanes of at least 4 members (excludes halogenated alkanes) is 20. The summed E-state index contributed by atoms with van der Waals surface area (Å²) in [5.41, 5.74) is 4.00. The van der Waals surface area contributed by atoms with Gasteiger partial charge in [-0.1, -0.05) is 165 Å². The van der Waals surface area contributed by atoms with E-state index in [4.69, 9.17) is 18.9 Å². The molecular weight excluding hydrogens is 592 g/mol. The van der Waals surface area contributed by atoms with E-state index < -0.39 is 11.6 Å². The topological polar surface area (TPSA) is 36.9 Å². The molecule has 0 atom stereocenters. The lowest BCUT2D eigenvalue weighted by molar-refractivity contribution is -0.359. The molecule has 2 saturated heterocycles. The van der Waals surface area contributed by atoms with Crippen LogP contribution in [0.5, 0.6) is 0 Å². The van der Waals surface area contributed by atoms with E-state index in [1.54, 1.807) is 0 Å². The van der Waals surface area contributed by atoms with Crippen LogP contribution in [0.1, 0.15) is 177 Å². The molecule has 2 aromatic carbocycles. The summed E-state index contributed by atoms with van der Waals surface area (Å²) in [5, 5.41) is 2.17. The molecule has 0 amide bonds. The largest absolute Gasteiger partial charge is 0.339 e. The van der Waals surface area contributed by atoms with Crippen molar-refractivity contribution in [3.05, 3.63) is 46.5 Å². The van der Waals surface area contributed by atoms with Crippen molar-refractivity contribution in [2.24, 2.45) is 0 Å². The standard InChI is InChI=1S/C44H62O4/c1-3-5-7-9-11-13-15-17-19-21-23-25-27-37-29-31-39-42-40(44(47-35-36-48-44)43(39)45-33-34-46-43)32-30-38(41(37)42)28-26-24-22-20-18-16-14-12-10-8-6-4-2/h29-32H,3-24,33-36H2,1-2H3. The van der Waals surface area contributed by atoms with E-state index in [1.165, 1.54) is 116 Å². The van der Waals surface area contributed by atoms with Crippen molar-refractivity contribution in [2.75, 3.05) is 26.4 Å². The first kappa shape index (κ1) is 36.9. The van der Waals surface area contributed by atoms with E-state index in [1.807, 2.05) is 0 Å². The van der Waals surface area contributed by atoms with Crippen LogP contribution in [-0.4, -0.2) is 26.4 Å². The lowest BCUT2D eigenvalue weighted by Gasteiger charge is -2.37. The van der Waals surface area contributed by atoms with Crippen LogP contribution in [0.2, 0.25) is 0 Å². The highest BCUT2D eigenvalue weighted by molar-refractivity contribution is 6.00. The highest BCUT2D eigenvalue weighted by atomic mass is 16.8. The zero-order valence-electron chi connectivity index (χ0n) is 30.3. The van der Waals surface area contributed by atoms with Gasteiger partial charge in [0.15, 0.2) is 0 Å². The molecule has 2 aliphatic heterocycles. The molecule has 0 aromatic heterocycles. The summed E-state index contributed by atoms with van der Waals surface area (Å²) >= 11 is 0. The summed E-state index contributed by atoms with van der Waals surface area (Å²) in [6, 6.07) is 8.54. The van der Waals surface area contributed by atoms with Crippen LogP contribution in [0, 0.1) is 23.7 Å². The second-order valence-corrected chi connectivity index (χ2v) is 14.2. The molecule has 0 bridgehead atoms. The predicted molar refractivity (Wildman–Crippen MR) is 198 cm³/mol. The van der Waals surface area contributed by atoms with Crippen molar-refractivity contribution in [3.63, 3.8) is 0 Å². The van der Waals surface area contributed by atoms with Gasteiger partial charge in [0, 0.05) is 45.9 Å². The Kier molecular flexibility index (Phi) is 15.2. The highest BCUT2D eigenvalue weighted by Crippen LogP contribution is 2.60. The predicted octanol–water partition coefficient (Wildman–Crippen LogP) is 11.6. The van der Waals surface area contributed by atoms with Gasteiger partial charge >= 0.3 is 0 Å². The zero-order chi connectivity index (χ0) is 33.3. The fourth-order valence-electron chi connectivity index (χ4n) is 7.84. The number of fused-ring (bicyclic) bond motifs is 3. The molecule has 4 heteroatoms. The van der Waals surface area contributed by atoms with Crippen molar-refractivity contribution < 1.29 is 18.9 Å². The second kappa shape index (κ2) is 19.7. The molecule has 2 heterocycles. The van der Waals surface area contributed by atoms with Crippen LogP contribution in [0.25, 0.3) is 10.8 Å². The summed E-state index contributed by atoms with van der Waals surface area (Å²) in [6.07, 6.45) is 28.6. The molecule has 3 aliphatic rings. The Morgan fingerprint density at radius 3 is 1.12 bits per heavy atom. The summed E-state index contributed by atoms with van der Waals surface area (Å²) in [7, 11) is 0. The van der Waals surface area contributed by atoms with Crippen molar-refractivity contribution >= 4 is 10.8 Å². The number of rotatable bonds is 20.